The molecule has 0 amide bonds. The lowest BCUT2D eigenvalue weighted by Crippen LogP contribution is -2.57. The summed E-state index contributed by atoms with van der Waals surface area (Å²) in [6, 6.07) is 0. The van der Waals surface area contributed by atoms with Crippen LogP contribution in [0.25, 0.3) is 0 Å². The third-order valence-electron chi connectivity index (χ3n) is 8.43. The van der Waals surface area contributed by atoms with E-state index in [0.29, 0.717) is 11.3 Å². The minimum atomic E-state index is -0.172. The Morgan fingerprint density at radius 3 is 2.43 bits per heavy atom. The second kappa shape index (κ2) is 4.71. The van der Waals surface area contributed by atoms with Crippen molar-refractivity contribution in [3.63, 3.8) is 0 Å². The van der Waals surface area contributed by atoms with Crippen LogP contribution in [0.3, 0.4) is 0 Å². The molecule has 8 atom stereocenters. The minimum absolute atomic E-state index is 0.172. The number of hydrogen-bond acceptors (Lipinski definition) is 2. The van der Waals surface area contributed by atoms with Gasteiger partial charge in [0.15, 0.2) is 0 Å². The molecule has 3 unspecified atom stereocenters. The van der Waals surface area contributed by atoms with E-state index in [0.717, 1.165) is 43.4 Å². The fourth-order valence-corrected chi connectivity index (χ4v) is 7.27. The van der Waals surface area contributed by atoms with Crippen molar-refractivity contribution in [3.05, 3.63) is 0 Å². The summed E-state index contributed by atoms with van der Waals surface area (Å²) in [4.78, 5) is 0. The standard InChI is InChI=1S/C19H32O2/c1-18-7-3-4-14(18)13-11-17(21)16-10-12(20)5-9-19(16,2)15(13)6-8-18/h12-17,20-21H,3-11H2,1-2H3/t12?,13-,14-,15-,16?,17?,18-,19+/m0/s1. The Morgan fingerprint density at radius 2 is 1.62 bits per heavy atom. The number of hydrogen-bond donors (Lipinski definition) is 2. The first-order valence-electron chi connectivity index (χ1n) is 9.30. The van der Waals surface area contributed by atoms with Gasteiger partial charge < -0.3 is 10.2 Å². The van der Waals surface area contributed by atoms with Gasteiger partial charge in [-0.25, -0.2) is 0 Å². The molecule has 4 aliphatic rings. The van der Waals surface area contributed by atoms with Crippen LogP contribution in [0.2, 0.25) is 0 Å². The van der Waals surface area contributed by atoms with Gasteiger partial charge in [-0.3, -0.25) is 0 Å². The van der Waals surface area contributed by atoms with Gasteiger partial charge in [-0.05, 0) is 85.9 Å². The maximum Gasteiger partial charge on any atom is 0.0577 e. The smallest absolute Gasteiger partial charge is 0.0577 e. The van der Waals surface area contributed by atoms with Crippen molar-refractivity contribution in [2.75, 3.05) is 0 Å². The van der Waals surface area contributed by atoms with Crippen molar-refractivity contribution in [2.24, 2.45) is 34.5 Å². The Morgan fingerprint density at radius 1 is 0.810 bits per heavy atom. The van der Waals surface area contributed by atoms with Crippen molar-refractivity contribution >= 4 is 0 Å². The van der Waals surface area contributed by atoms with E-state index in [1.165, 1.54) is 32.1 Å². The van der Waals surface area contributed by atoms with E-state index in [1.807, 2.05) is 0 Å². The maximum absolute atomic E-state index is 10.8. The van der Waals surface area contributed by atoms with Crippen LogP contribution in [0.4, 0.5) is 0 Å². The van der Waals surface area contributed by atoms with Gasteiger partial charge in [-0.2, -0.15) is 0 Å². The van der Waals surface area contributed by atoms with Crippen LogP contribution in [0, 0.1) is 34.5 Å². The lowest BCUT2D eigenvalue weighted by molar-refractivity contribution is -0.167. The summed E-state index contributed by atoms with van der Waals surface area (Å²) in [5.74, 6) is 2.75. The Kier molecular flexibility index (Phi) is 3.25. The molecule has 0 saturated heterocycles. The van der Waals surface area contributed by atoms with E-state index < -0.39 is 0 Å². The monoisotopic (exact) mass is 292 g/mol. The average Bonchev–Trinajstić information content (AvgIpc) is 2.83. The van der Waals surface area contributed by atoms with Crippen LogP contribution in [0.5, 0.6) is 0 Å². The summed E-state index contributed by atoms with van der Waals surface area (Å²) in [6.07, 6.45) is 10.6. The van der Waals surface area contributed by atoms with E-state index in [-0.39, 0.29) is 17.6 Å². The van der Waals surface area contributed by atoms with Crippen LogP contribution >= 0.6 is 0 Å². The first kappa shape index (κ1) is 14.5. The molecule has 2 nitrogen and oxygen atoms in total. The van der Waals surface area contributed by atoms with Gasteiger partial charge in [0, 0.05) is 0 Å². The van der Waals surface area contributed by atoms with E-state index in [1.54, 1.807) is 0 Å². The van der Waals surface area contributed by atoms with Crippen LogP contribution in [-0.4, -0.2) is 22.4 Å². The number of aliphatic hydroxyl groups excluding tert-OH is 2. The Labute approximate surface area is 129 Å². The molecule has 21 heavy (non-hydrogen) atoms. The highest BCUT2D eigenvalue weighted by atomic mass is 16.3. The lowest BCUT2D eigenvalue weighted by atomic mass is 9.44. The molecule has 4 rings (SSSR count). The third kappa shape index (κ3) is 1.97. The van der Waals surface area contributed by atoms with Gasteiger partial charge >= 0.3 is 0 Å². The molecule has 0 bridgehead atoms. The second-order valence-electron chi connectivity index (χ2n) is 9.31. The molecule has 4 saturated carbocycles. The molecule has 0 aromatic heterocycles. The van der Waals surface area contributed by atoms with Crippen molar-refractivity contribution in [1.82, 2.24) is 0 Å². The molecule has 120 valence electrons. The van der Waals surface area contributed by atoms with Gasteiger partial charge in [0.1, 0.15) is 0 Å². The predicted molar refractivity (Wildman–Crippen MR) is 83.7 cm³/mol. The molecular formula is C19H32O2. The summed E-state index contributed by atoms with van der Waals surface area (Å²) >= 11 is 0. The minimum Gasteiger partial charge on any atom is -0.393 e. The van der Waals surface area contributed by atoms with Crippen LogP contribution in [0.1, 0.15) is 71.6 Å². The van der Waals surface area contributed by atoms with Crippen molar-refractivity contribution in [1.29, 1.82) is 0 Å². The molecule has 0 aromatic carbocycles. The normalized spacial score (nSPS) is 60.0. The Balaban J connectivity index is 1.66. The summed E-state index contributed by atoms with van der Waals surface area (Å²) < 4.78 is 0. The molecule has 0 aromatic rings. The molecular weight excluding hydrogens is 260 g/mol. The number of rotatable bonds is 0. The molecule has 0 spiro atoms. The topological polar surface area (TPSA) is 40.5 Å². The maximum atomic E-state index is 10.8. The SMILES string of the molecule is C[C@@]12CCC[C@H]1[C@@H]1CC(O)C3CC(O)CC[C@]3(C)[C@H]1CC2. The zero-order valence-corrected chi connectivity index (χ0v) is 13.7. The molecule has 0 heterocycles. The number of fused-ring (bicyclic) bond motifs is 5. The fourth-order valence-electron chi connectivity index (χ4n) is 7.27. The summed E-state index contributed by atoms with van der Waals surface area (Å²) in [7, 11) is 0. The van der Waals surface area contributed by atoms with E-state index in [2.05, 4.69) is 13.8 Å². The molecule has 4 aliphatic carbocycles. The van der Waals surface area contributed by atoms with Gasteiger partial charge in [-0.15, -0.1) is 0 Å². The van der Waals surface area contributed by atoms with Crippen LogP contribution in [-0.2, 0) is 0 Å². The van der Waals surface area contributed by atoms with Gasteiger partial charge in [0.25, 0.3) is 0 Å². The first-order chi connectivity index (χ1) is 9.94. The van der Waals surface area contributed by atoms with E-state index in [9.17, 15) is 10.2 Å². The third-order valence-corrected chi connectivity index (χ3v) is 8.43. The van der Waals surface area contributed by atoms with Crippen molar-refractivity contribution in [2.45, 2.75) is 83.8 Å². The van der Waals surface area contributed by atoms with E-state index >= 15 is 0 Å². The average molecular weight is 292 g/mol. The van der Waals surface area contributed by atoms with Gasteiger partial charge in [0.05, 0.1) is 12.2 Å². The highest BCUT2D eigenvalue weighted by molar-refractivity contribution is 5.09. The predicted octanol–water partition coefficient (Wildman–Crippen LogP) is 3.75. The number of aliphatic hydroxyl groups is 2. The highest BCUT2D eigenvalue weighted by Gasteiger charge is 2.59. The summed E-state index contributed by atoms with van der Waals surface area (Å²) in [5, 5.41) is 20.9. The quantitative estimate of drug-likeness (QED) is 0.714. The largest absolute Gasteiger partial charge is 0.393 e. The van der Waals surface area contributed by atoms with Crippen LogP contribution < -0.4 is 0 Å². The van der Waals surface area contributed by atoms with Crippen LogP contribution in [0.15, 0.2) is 0 Å². The van der Waals surface area contributed by atoms with Gasteiger partial charge in [0.2, 0.25) is 0 Å². The molecule has 0 radical (unpaired) electrons. The van der Waals surface area contributed by atoms with Crippen molar-refractivity contribution in [3.8, 4) is 0 Å². The highest BCUT2D eigenvalue weighted by Crippen LogP contribution is 2.66. The molecule has 2 N–H and O–H groups in total. The van der Waals surface area contributed by atoms with E-state index in [4.69, 9.17) is 0 Å². The summed E-state index contributed by atoms with van der Waals surface area (Å²) in [5.41, 5.74) is 0.851. The first-order valence-corrected chi connectivity index (χ1v) is 9.30. The summed E-state index contributed by atoms with van der Waals surface area (Å²) in [6.45, 7) is 4.97. The second-order valence-corrected chi connectivity index (χ2v) is 9.31. The zero-order chi connectivity index (χ0) is 14.8. The lowest BCUT2D eigenvalue weighted by Gasteiger charge is -2.61. The van der Waals surface area contributed by atoms with Crippen molar-refractivity contribution < 1.29 is 10.2 Å². The Bertz CT molecular complexity index is 422. The fraction of sp³-hybridized carbons (Fsp3) is 1.00. The Hall–Kier alpha value is -0.0800. The van der Waals surface area contributed by atoms with Gasteiger partial charge in [-0.1, -0.05) is 20.3 Å². The molecule has 2 heteroatoms. The molecule has 0 aliphatic heterocycles. The molecule has 4 fully saturated rings. The zero-order valence-electron chi connectivity index (χ0n) is 13.7.